The van der Waals surface area contributed by atoms with E-state index >= 15 is 0 Å². The Morgan fingerprint density at radius 2 is 1.92 bits per heavy atom. The minimum absolute atomic E-state index is 0.0250. The van der Waals surface area contributed by atoms with Gasteiger partial charge in [0.2, 0.25) is 15.9 Å². The van der Waals surface area contributed by atoms with Crippen molar-refractivity contribution in [2.24, 2.45) is 5.92 Å². The van der Waals surface area contributed by atoms with Gasteiger partial charge in [-0.2, -0.15) is 4.31 Å². The molecular formula is C17H27N3O3S. The van der Waals surface area contributed by atoms with Crippen LogP contribution in [0.15, 0.2) is 30.3 Å². The lowest BCUT2D eigenvalue weighted by Crippen LogP contribution is -2.43. The Balaban J connectivity index is 1.93. The summed E-state index contributed by atoms with van der Waals surface area (Å²) in [6, 6.07) is 9.74. The van der Waals surface area contributed by atoms with E-state index in [4.69, 9.17) is 0 Å². The minimum atomic E-state index is -3.23. The predicted molar refractivity (Wildman–Crippen MR) is 95.2 cm³/mol. The minimum Gasteiger partial charge on any atom is -0.352 e. The zero-order chi connectivity index (χ0) is 17.7. The SMILES string of the molecule is CN(C)C[C@@H]1CN(S(C)(=O)=O)C[C@H]1NC(=O)CCc1ccccc1. The second-order valence-corrected chi connectivity index (χ2v) is 8.74. The monoisotopic (exact) mass is 353 g/mol. The first-order chi connectivity index (χ1) is 11.3. The first-order valence-electron chi connectivity index (χ1n) is 8.19. The van der Waals surface area contributed by atoms with Crippen LogP contribution in [0.25, 0.3) is 0 Å². The molecule has 2 atom stereocenters. The summed E-state index contributed by atoms with van der Waals surface area (Å²) in [6.07, 6.45) is 2.32. The van der Waals surface area contributed by atoms with E-state index in [1.165, 1.54) is 10.6 Å². The van der Waals surface area contributed by atoms with Gasteiger partial charge < -0.3 is 10.2 Å². The quantitative estimate of drug-likeness (QED) is 0.778. The van der Waals surface area contributed by atoms with Crippen molar-refractivity contribution in [2.45, 2.75) is 18.9 Å². The second-order valence-electron chi connectivity index (χ2n) is 6.76. The molecule has 0 aromatic heterocycles. The third kappa shape index (κ3) is 5.58. The van der Waals surface area contributed by atoms with Crippen molar-refractivity contribution in [1.82, 2.24) is 14.5 Å². The third-order valence-electron chi connectivity index (χ3n) is 4.31. The van der Waals surface area contributed by atoms with Crippen LogP contribution in [0.1, 0.15) is 12.0 Å². The third-order valence-corrected chi connectivity index (χ3v) is 5.54. The summed E-state index contributed by atoms with van der Waals surface area (Å²) in [4.78, 5) is 14.3. The Labute approximate surface area is 144 Å². The van der Waals surface area contributed by atoms with Crippen LogP contribution in [0.4, 0.5) is 0 Å². The van der Waals surface area contributed by atoms with Crippen molar-refractivity contribution >= 4 is 15.9 Å². The number of carbonyl (C=O) groups is 1. The summed E-state index contributed by atoms with van der Waals surface area (Å²) in [5, 5.41) is 3.03. The van der Waals surface area contributed by atoms with E-state index in [-0.39, 0.29) is 17.9 Å². The molecule has 1 aromatic carbocycles. The lowest BCUT2D eigenvalue weighted by molar-refractivity contribution is -0.121. The molecule has 0 unspecified atom stereocenters. The number of nitrogens with one attached hydrogen (secondary N) is 1. The summed E-state index contributed by atoms with van der Waals surface area (Å²) < 4.78 is 25.1. The molecule has 134 valence electrons. The molecule has 1 N–H and O–H groups in total. The fourth-order valence-corrected chi connectivity index (χ4v) is 4.00. The smallest absolute Gasteiger partial charge is 0.220 e. The van der Waals surface area contributed by atoms with E-state index in [0.29, 0.717) is 25.9 Å². The topological polar surface area (TPSA) is 69.7 Å². The molecule has 6 nitrogen and oxygen atoms in total. The molecule has 1 heterocycles. The van der Waals surface area contributed by atoms with Crippen LogP contribution in [-0.4, -0.2) is 69.6 Å². The van der Waals surface area contributed by atoms with Crippen molar-refractivity contribution in [3.05, 3.63) is 35.9 Å². The van der Waals surface area contributed by atoms with Crippen LogP contribution < -0.4 is 5.32 Å². The first-order valence-corrected chi connectivity index (χ1v) is 10.0. The second kappa shape index (κ2) is 8.09. The highest BCUT2D eigenvalue weighted by atomic mass is 32.2. The largest absolute Gasteiger partial charge is 0.352 e. The van der Waals surface area contributed by atoms with Crippen molar-refractivity contribution in [2.75, 3.05) is 40.0 Å². The lowest BCUT2D eigenvalue weighted by Gasteiger charge is -2.22. The van der Waals surface area contributed by atoms with Gasteiger partial charge in [0.15, 0.2) is 0 Å². The van der Waals surface area contributed by atoms with E-state index in [1.807, 2.05) is 49.3 Å². The maximum Gasteiger partial charge on any atom is 0.220 e. The van der Waals surface area contributed by atoms with Gasteiger partial charge in [0.05, 0.1) is 6.26 Å². The van der Waals surface area contributed by atoms with Gasteiger partial charge in [-0.1, -0.05) is 30.3 Å². The zero-order valence-electron chi connectivity index (χ0n) is 14.6. The number of rotatable bonds is 7. The molecule has 7 heteroatoms. The van der Waals surface area contributed by atoms with Crippen LogP contribution in [-0.2, 0) is 21.2 Å². The molecule has 1 aliphatic rings. The van der Waals surface area contributed by atoms with E-state index in [1.54, 1.807) is 0 Å². The molecule has 0 radical (unpaired) electrons. The lowest BCUT2D eigenvalue weighted by atomic mass is 10.0. The van der Waals surface area contributed by atoms with Crippen molar-refractivity contribution in [3.8, 4) is 0 Å². The van der Waals surface area contributed by atoms with Crippen molar-refractivity contribution < 1.29 is 13.2 Å². The number of amides is 1. The Bertz CT molecular complexity index is 646. The van der Waals surface area contributed by atoms with Crippen molar-refractivity contribution in [3.63, 3.8) is 0 Å². The fourth-order valence-electron chi connectivity index (χ4n) is 3.10. The highest BCUT2D eigenvalue weighted by Crippen LogP contribution is 2.20. The van der Waals surface area contributed by atoms with Crippen LogP contribution >= 0.6 is 0 Å². The van der Waals surface area contributed by atoms with Gasteiger partial charge in [0.25, 0.3) is 0 Å². The molecular weight excluding hydrogens is 326 g/mol. The highest BCUT2D eigenvalue weighted by Gasteiger charge is 2.37. The Hall–Kier alpha value is -1.44. The van der Waals surface area contributed by atoms with E-state index in [2.05, 4.69) is 5.32 Å². The molecule has 1 saturated heterocycles. The molecule has 0 spiro atoms. The van der Waals surface area contributed by atoms with Crippen LogP contribution in [0.3, 0.4) is 0 Å². The maximum absolute atomic E-state index is 12.3. The summed E-state index contributed by atoms with van der Waals surface area (Å²) in [5.74, 6) is 0.0818. The zero-order valence-corrected chi connectivity index (χ0v) is 15.4. The number of hydrogen-bond acceptors (Lipinski definition) is 4. The van der Waals surface area contributed by atoms with Crippen LogP contribution in [0.2, 0.25) is 0 Å². The number of hydrogen-bond donors (Lipinski definition) is 1. The van der Waals surface area contributed by atoms with E-state index in [0.717, 1.165) is 12.1 Å². The molecule has 0 aliphatic carbocycles. The maximum atomic E-state index is 12.3. The molecule has 24 heavy (non-hydrogen) atoms. The van der Waals surface area contributed by atoms with Gasteiger partial charge >= 0.3 is 0 Å². The first kappa shape index (κ1) is 18.9. The standard InChI is InChI=1S/C17H27N3O3S/c1-19(2)11-15-12-20(24(3,22)23)13-16(15)18-17(21)10-9-14-7-5-4-6-8-14/h4-8,15-16H,9-13H2,1-3H3,(H,18,21)/t15-,16-/m1/s1. The summed E-state index contributed by atoms with van der Waals surface area (Å²) >= 11 is 0. The normalized spacial score (nSPS) is 22.0. The van der Waals surface area contributed by atoms with Crippen LogP contribution in [0, 0.1) is 5.92 Å². The Morgan fingerprint density at radius 3 is 2.50 bits per heavy atom. The summed E-state index contributed by atoms with van der Waals surface area (Å²) in [5.41, 5.74) is 1.13. The molecule has 0 bridgehead atoms. The molecule has 0 saturated carbocycles. The van der Waals surface area contributed by atoms with Gasteiger partial charge in [-0.3, -0.25) is 4.79 Å². The number of sulfonamides is 1. The van der Waals surface area contributed by atoms with Gasteiger partial charge in [0, 0.05) is 38.0 Å². The number of nitrogens with zero attached hydrogens (tertiary/aromatic N) is 2. The summed E-state index contributed by atoms with van der Waals surface area (Å²) in [7, 11) is 0.680. The van der Waals surface area contributed by atoms with Gasteiger partial charge in [-0.15, -0.1) is 0 Å². The van der Waals surface area contributed by atoms with Gasteiger partial charge in [0.1, 0.15) is 0 Å². The predicted octanol–water partition coefficient (Wildman–Crippen LogP) is 0.557. The molecule has 1 fully saturated rings. The van der Waals surface area contributed by atoms with Gasteiger partial charge in [-0.05, 0) is 26.1 Å². The number of benzene rings is 1. The Morgan fingerprint density at radius 1 is 1.25 bits per heavy atom. The van der Waals surface area contributed by atoms with Crippen molar-refractivity contribution in [1.29, 1.82) is 0 Å². The van der Waals surface area contributed by atoms with E-state index in [9.17, 15) is 13.2 Å². The number of carbonyl (C=O) groups excluding carboxylic acids is 1. The van der Waals surface area contributed by atoms with Crippen LogP contribution in [0.5, 0.6) is 0 Å². The molecule has 2 rings (SSSR count). The molecule has 1 aromatic rings. The number of aryl methyl sites for hydroxylation is 1. The molecule has 1 amide bonds. The summed E-state index contributed by atoms with van der Waals surface area (Å²) in [6.45, 7) is 1.56. The molecule has 1 aliphatic heterocycles. The van der Waals surface area contributed by atoms with Gasteiger partial charge in [-0.25, -0.2) is 8.42 Å². The highest BCUT2D eigenvalue weighted by molar-refractivity contribution is 7.88. The van der Waals surface area contributed by atoms with E-state index < -0.39 is 10.0 Å². The average molecular weight is 353 g/mol. The Kier molecular flexibility index (Phi) is 6.37. The average Bonchev–Trinajstić information content (AvgIpc) is 2.88. The fraction of sp³-hybridized carbons (Fsp3) is 0.588.